The molecule has 2 aromatic heterocycles. The first kappa shape index (κ1) is 13.0. The minimum atomic E-state index is 0.354. The first-order valence-corrected chi connectivity index (χ1v) is 6.86. The van der Waals surface area contributed by atoms with Crippen LogP contribution in [0.2, 0.25) is 0 Å². The van der Waals surface area contributed by atoms with Crippen molar-refractivity contribution in [3.8, 4) is 0 Å². The average molecular weight is 262 g/mol. The number of anilines is 1. The van der Waals surface area contributed by atoms with E-state index >= 15 is 0 Å². The molecule has 0 atom stereocenters. The highest BCUT2D eigenvalue weighted by Gasteiger charge is 2.14. The van der Waals surface area contributed by atoms with Gasteiger partial charge >= 0.3 is 0 Å². The zero-order valence-corrected chi connectivity index (χ0v) is 11.7. The van der Waals surface area contributed by atoms with E-state index in [0.717, 1.165) is 29.3 Å². The summed E-state index contributed by atoms with van der Waals surface area (Å²) in [6, 6.07) is 4.13. The summed E-state index contributed by atoms with van der Waals surface area (Å²) in [5, 5.41) is 2.06. The number of nitrogen functional groups attached to an aromatic ring is 1. The number of aryl methyl sites for hydroxylation is 1. The fourth-order valence-corrected chi connectivity index (χ4v) is 2.79. The van der Waals surface area contributed by atoms with E-state index in [0.29, 0.717) is 5.92 Å². The Morgan fingerprint density at radius 3 is 2.72 bits per heavy atom. The van der Waals surface area contributed by atoms with E-state index in [2.05, 4.69) is 40.7 Å². The van der Waals surface area contributed by atoms with Crippen LogP contribution in [0.15, 0.2) is 17.5 Å². The van der Waals surface area contributed by atoms with Crippen LogP contribution in [0.4, 0.5) is 5.82 Å². The van der Waals surface area contributed by atoms with Crippen LogP contribution in [0.25, 0.3) is 0 Å². The molecule has 0 unspecified atom stereocenters. The van der Waals surface area contributed by atoms with Gasteiger partial charge in [0, 0.05) is 22.6 Å². The van der Waals surface area contributed by atoms with Crippen LogP contribution >= 0.6 is 11.3 Å². The van der Waals surface area contributed by atoms with Crippen LogP contribution in [-0.4, -0.2) is 9.97 Å². The van der Waals surface area contributed by atoms with Crippen molar-refractivity contribution in [1.29, 1.82) is 0 Å². The van der Waals surface area contributed by atoms with Gasteiger partial charge in [0.25, 0.3) is 0 Å². The van der Waals surface area contributed by atoms with Crippen LogP contribution < -0.4 is 11.3 Å². The standard InChI is InChI=1S/C13H18N4S/c1-8(2)12-9(3)15-11(16-13(12)17-14)7-10-5-4-6-18-10/h4-6,8H,7,14H2,1-3H3,(H,15,16,17). The van der Waals surface area contributed by atoms with Crippen molar-refractivity contribution >= 4 is 17.2 Å². The number of thiophene rings is 1. The van der Waals surface area contributed by atoms with Gasteiger partial charge in [0.1, 0.15) is 11.6 Å². The van der Waals surface area contributed by atoms with E-state index in [-0.39, 0.29) is 0 Å². The Labute approximate surface area is 111 Å². The third kappa shape index (κ3) is 2.68. The largest absolute Gasteiger partial charge is 0.308 e. The van der Waals surface area contributed by atoms with Gasteiger partial charge in [-0.3, -0.25) is 0 Å². The van der Waals surface area contributed by atoms with Crippen LogP contribution in [0.3, 0.4) is 0 Å². The highest BCUT2D eigenvalue weighted by atomic mass is 32.1. The third-order valence-corrected chi connectivity index (χ3v) is 3.69. The molecule has 0 fully saturated rings. The van der Waals surface area contributed by atoms with Gasteiger partial charge < -0.3 is 5.43 Å². The molecule has 4 nitrogen and oxygen atoms in total. The van der Waals surface area contributed by atoms with Gasteiger partial charge in [-0.25, -0.2) is 15.8 Å². The molecule has 0 aliphatic heterocycles. The molecular formula is C13H18N4S. The van der Waals surface area contributed by atoms with Gasteiger partial charge in [0.2, 0.25) is 0 Å². The van der Waals surface area contributed by atoms with Gasteiger partial charge in [-0.2, -0.15) is 0 Å². The molecule has 3 N–H and O–H groups in total. The lowest BCUT2D eigenvalue weighted by Crippen LogP contribution is -2.15. The Hall–Kier alpha value is -1.46. The summed E-state index contributed by atoms with van der Waals surface area (Å²) in [7, 11) is 0. The van der Waals surface area contributed by atoms with E-state index < -0.39 is 0 Å². The fraction of sp³-hybridized carbons (Fsp3) is 0.385. The Bertz CT molecular complexity index is 520. The van der Waals surface area contributed by atoms with Crippen LogP contribution in [0, 0.1) is 6.92 Å². The highest BCUT2D eigenvalue weighted by molar-refractivity contribution is 7.09. The molecule has 0 aromatic carbocycles. The normalized spacial score (nSPS) is 10.9. The van der Waals surface area contributed by atoms with Crippen LogP contribution in [0.1, 0.15) is 41.7 Å². The van der Waals surface area contributed by atoms with Crippen molar-refractivity contribution in [2.24, 2.45) is 5.84 Å². The Morgan fingerprint density at radius 2 is 2.17 bits per heavy atom. The second-order valence-electron chi connectivity index (χ2n) is 4.54. The zero-order valence-electron chi connectivity index (χ0n) is 10.9. The molecule has 0 saturated heterocycles. The predicted octanol–water partition coefficient (Wildman–Crippen LogP) is 2.85. The number of aromatic nitrogens is 2. The van der Waals surface area contributed by atoms with Crippen molar-refractivity contribution in [3.05, 3.63) is 39.5 Å². The second kappa shape index (κ2) is 5.46. The minimum absolute atomic E-state index is 0.354. The maximum absolute atomic E-state index is 5.56. The van der Waals surface area contributed by atoms with Gasteiger partial charge in [0.05, 0.1) is 0 Å². The summed E-state index contributed by atoms with van der Waals surface area (Å²) < 4.78 is 0. The first-order chi connectivity index (χ1) is 8.61. The number of nitrogens with two attached hydrogens (primary N) is 1. The highest BCUT2D eigenvalue weighted by Crippen LogP contribution is 2.25. The second-order valence-corrected chi connectivity index (χ2v) is 5.57. The number of nitrogens with one attached hydrogen (secondary N) is 1. The summed E-state index contributed by atoms with van der Waals surface area (Å²) in [5.41, 5.74) is 4.78. The van der Waals surface area contributed by atoms with Gasteiger partial charge in [0.15, 0.2) is 0 Å². The summed E-state index contributed by atoms with van der Waals surface area (Å²) in [5.74, 6) is 7.47. The van der Waals surface area contributed by atoms with E-state index in [4.69, 9.17) is 5.84 Å². The molecule has 5 heteroatoms. The maximum atomic E-state index is 5.56. The number of hydrogen-bond donors (Lipinski definition) is 2. The SMILES string of the molecule is Cc1nc(Cc2cccs2)nc(NN)c1C(C)C. The lowest BCUT2D eigenvalue weighted by atomic mass is 10.0. The van der Waals surface area contributed by atoms with Crippen molar-refractivity contribution in [1.82, 2.24) is 9.97 Å². The number of rotatable bonds is 4. The monoisotopic (exact) mass is 262 g/mol. The van der Waals surface area contributed by atoms with Gasteiger partial charge in [-0.05, 0) is 24.3 Å². The van der Waals surface area contributed by atoms with Crippen molar-refractivity contribution in [3.63, 3.8) is 0 Å². The van der Waals surface area contributed by atoms with E-state index in [1.807, 2.05) is 13.0 Å². The molecule has 2 heterocycles. The van der Waals surface area contributed by atoms with Crippen LogP contribution in [0.5, 0.6) is 0 Å². The average Bonchev–Trinajstić information content (AvgIpc) is 2.80. The summed E-state index contributed by atoms with van der Waals surface area (Å²) in [6.07, 6.45) is 0.756. The van der Waals surface area contributed by atoms with Crippen molar-refractivity contribution in [2.45, 2.75) is 33.1 Å². The van der Waals surface area contributed by atoms with Crippen LogP contribution in [-0.2, 0) is 6.42 Å². The Kier molecular flexibility index (Phi) is 3.93. The molecule has 0 amide bonds. The molecule has 2 aromatic rings. The first-order valence-electron chi connectivity index (χ1n) is 5.98. The molecule has 0 aliphatic rings. The van der Waals surface area contributed by atoms with E-state index in [1.165, 1.54) is 4.88 Å². The molecule has 0 bridgehead atoms. The summed E-state index contributed by atoms with van der Waals surface area (Å²) in [4.78, 5) is 10.3. The molecule has 0 aliphatic carbocycles. The number of nitrogens with zero attached hydrogens (tertiary/aromatic N) is 2. The zero-order chi connectivity index (χ0) is 13.1. The van der Waals surface area contributed by atoms with Crippen molar-refractivity contribution < 1.29 is 0 Å². The quantitative estimate of drug-likeness (QED) is 0.657. The molecule has 0 radical (unpaired) electrons. The lowest BCUT2D eigenvalue weighted by molar-refractivity contribution is 0.813. The third-order valence-electron chi connectivity index (χ3n) is 2.81. The van der Waals surface area contributed by atoms with E-state index in [1.54, 1.807) is 11.3 Å². The topological polar surface area (TPSA) is 63.8 Å². The molecule has 96 valence electrons. The number of hydrazine groups is 1. The van der Waals surface area contributed by atoms with Crippen molar-refractivity contribution in [2.75, 3.05) is 5.43 Å². The molecule has 0 saturated carbocycles. The van der Waals surface area contributed by atoms with E-state index in [9.17, 15) is 0 Å². The molecular weight excluding hydrogens is 244 g/mol. The predicted molar refractivity (Wildman–Crippen MR) is 75.8 cm³/mol. The fourth-order valence-electron chi connectivity index (χ4n) is 2.09. The molecule has 0 spiro atoms. The van der Waals surface area contributed by atoms with Gasteiger partial charge in [-0.1, -0.05) is 19.9 Å². The Balaban J connectivity index is 2.36. The summed E-state index contributed by atoms with van der Waals surface area (Å²) >= 11 is 1.72. The van der Waals surface area contributed by atoms with Gasteiger partial charge in [-0.15, -0.1) is 11.3 Å². The summed E-state index contributed by atoms with van der Waals surface area (Å²) in [6.45, 7) is 6.24. The molecule has 18 heavy (non-hydrogen) atoms. The maximum Gasteiger partial charge on any atom is 0.147 e. The Morgan fingerprint density at radius 1 is 1.39 bits per heavy atom. The lowest BCUT2D eigenvalue weighted by Gasteiger charge is -2.15. The minimum Gasteiger partial charge on any atom is -0.308 e. The smallest absolute Gasteiger partial charge is 0.147 e. The molecule has 2 rings (SSSR count). The number of hydrogen-bond acceptors (Lipinski definition) is 5.